The van der Waals surface area contributed by atoms with Crippen LogP contribution in [0.5, 0.6) is 0 Å². The van der Waals surface area contributed by atoms with E-state index in [0.717, 1.165) is 13.2 Å². The van der Waals surface area contributed by atoms with Gasteiger partial charge < -0.3 is 10.1 Å². The fraction of sp³-hybridized carbons (Fsp3) is 1.00. The van der Waals surface area contributed by atoms with Gasteiger partial charge in [0, 0.05) is 24.4 Å². The highest BCUT2D eigenvalue weighted by Gasteiger charge is 2.32. The predicted octanol–water partition coefficient (Wildman–Crippen LogP) is 2.43. The van der Waals surface area contributed by atoms with Gasteiger partial charge in [-0.05, 0) is 31.9 Å². The normalized spacial score (nSPS) is 29.8. The molecule has 0 spiro atoms. The fourth-order valence-electron chi connectivity index (χ4n) is 2.74. The van der Waals surface area contributed by atoms with Crippen molar-refractivity contribution in [1.29, 1.82) is 0 Å². The summed E-state index contributed by atoms with van der Waals surface area (Å²) < 4.78 is 6.16. The number of thioether (sulfide) groups is 1. The molecule has 2 aliphatic rings. The molecule has 88 valence electrons. The van der Waals surface area contributed by atoms with Crippen LogP contribution in [0.15, 0.2) is 0 Å². The second-order valence-corrected chi connectivity index (χ2v) is 6.13. The SMILES string of the molecule is CSC1(CNCC2CCCO2)CCCC1. The van der Waals surface area contributed by atoms with E-state index in [4.69, 9.17) is 4.74 Å². The molecule has 0 aromatic rings. The van der Waals surface area contributed by atoms with E-state index in [0.29, 0.717) is 10.9 Å². The summed E-state index contributed by atoms with van der Waals surface area (Å²) in [5.41, 5.74) is 0. The van der Waals surface area contributed by atoms with Gasteiger partial charge in [-0.2, -0.15) is 11.8 Å². The largest absolute Gasteiger partial charge is 0.377 e. The third kappa shape index (κ3) is 3.11. The molecule has 1 saturated heterocycles. The first-order chi connectivity index (χ1) is 7.35. The monoisotopic (exact) mass is 229 g/mol. The summed E-state index contributed by atoms with van der Waals surface area (Å²) in [5.74, 6) is 0. The minimum atomic E-state index is 0.491. The lowest BCUT2D eigenvalue weighted by Gasteiger charge is -2.27. The minimum Gasteiger partial charge on any atom is -0.377 e. The lowest BCUT2D eigenvalue weighted by Crippen LogP contribution is -2.38. The van der Waals surface area contributed by atoms with Gasteiger partial charge >= 0.3 is 0 Å². The van der Waals surface area contributed by atoms with Crippen LogP contribution in [0.1, 0.15) is 38.5 Å². The number of hydrogen-bond acceptors (Lipinski definition) is 3. The van der Waals surface area contributed by atoms with Crippen molar-refractivity contribution in [2.24, 2.45) is 0 Å². The Morgan fingerprint density at radius 1 is 1.33 bits per heavy atom. The fourth-order valence-corrected chi connectivity index (χ4v) is 3.68. The van der Waals surface area contributed by atoms with Crippen molar-refractivity contribution < 1.29 is 4.74 Å². The van der Waals surface area contributed by atoms with E-state index in [1.807, 2.05) is 0 Å². The summed E-state index contributed by atoms with van der Waals surface area (Å²) in [7, 11) is 0. The van der Waals surface area contributed by atoms with Crippen LogP contribution in [-0.2, 0) is 4.74 Å². The van der Waals surface area contributed by atoms with Crippen molar-refractivity contribution in [3.05, 3.63) is 0 Å². The van der Waals surface area contributed by atoms with Crippen LogP contribution in [-0.4, -0.2) is 36.8 Å². The van der Waals surface area contributed by atoms with Crippen LogP contribution in [0.2, 0.25) is 0 Å². The van der Waals surface area contributed by atoms with Crippen LogP contribution in [0.3, 0.4) is 0 Å². The van der Waals surface area contributed by atoms with Crippen molar-refractivity contribution in [3.63, 3.8) is 0 Å². The minimum absolute atomic E-state index is 0.491. The molecular weight excluding hydrogens is 206 g/mol. The van der Waals surface area contributed by atoms with E-state index < -0.39 is 0 Å². The Morgan fingerprint density at radius 2 is 2.13 bits per heavy atom. The molecule has 3 heteroatoms. The molecule has 1 N–H and O–H groups in total. The molecule has 2 rings (SSSR count). The van der Waals surface area contributed by atoms with Crippen LogP contribution >= 0.6 is 11.8 Å². The molecule has 2 nitrogen and oxygen atoms in total. The quantitative estimate of drug-likeness (QED) is 0.782. The highest BCUT2D eigenvalue weighted by molar-refractivity contribution is 8.00. The Hall–Kier alpha value is 0.270. The summed E-state index contributed by atoms with van der Waals surface area (Å²) in [5, 5.41) is 3.62. The highest BCUT2D eigenvalue weighted by atomic mass is 32.2. The van der Waals surface area contributed by atoms with Gasteiger partial charge in [0.15, 0.2) is 0 Å². The standard InChI is InChI=1S/C12H23NOS/c1-15-12(6-2-3-7-12)10-13-9-11-5-4-8-14-11/h11,13H,2-10H2,1H3. The van der Waals surface area contributed by atoms with Crippen molar-refractivity contribution >= 4 is 11.8 Å². The Morgan fingerprint density at radius 3 is 2.73 bits per heavy atom. The second kappa shape index (κ2) is 5.55. The van der Waals surface area contributed by atoms with Gasteiger partial charge in [-0.1, -0.05) is 12.8 Å². The molecule has 0 aromatic heterocycles. The molecule has 2 fully saturated rings. The second-order valence-electron chi connectivity index (χ2n) is 4.86. The van der Waals surface area contributed by atoms with E-state index in [1.165, 1.54) is 45.1 Å². The highest BCUT2D eigenvalue weighted by Crippen LogP contribution is 2.39. The zero-order chi connectivity index (χ0) is 10.6. The first kappa shape index (κ1) is 11.7. The average Bonchev–Trinajstić information content (AvgIpc) is 2.89. The molecule has 1 aliphatic heterocycles. The number of ether oxygens (including phenoxy) is 1. The van der Waals surface area contributed by atoms with Gasteiger partial charge in [0.2, 0.25) is 0 Å². The number of rotatable bonds is 5. The first-order valence-corrected chi connectivity index (χ1v) is 7.45. The van der Waals surface area contributed by atoms with Crippen molar-refractivity contribution in [2.75, 3.05) is 26.0 Å². The molecular formula is C12H23NOS. The first-order valence-electron chi connectivity index (χ1n) is 6.22. The molecule has 15 heavy (non-hydrogen) atoms. The Labute approximate surface area is 97.5 Å². The lowest BCUT2D eigenvalue weighted by molar-refractivity contribution is 0.109. The molecule has 0 bridgehead atoms. The Balaban J connectivity index is 1.67. The smallest absolute Gasteiger partial charge is 0.0700 e. The van der Waals surface area contributed by atoms with Crippen LogP contribution < -0.4 is 5.32 Å². The van der Waals surface area contributed by atoms with Crippen molar-refractivity contribution in [1.82, 2.24) is 5.32 Å². The third-order valence-corrected chi connectivity index (χ3v) is 5.21. The molecule has 1 unspecified atom stereocenters. The van der Waals surface area contributed by atoms with Gasteiger partial charge in [0.05, 0.1) is 6.10 Å². The van der Waals surface area contributed by atoms with Crippen molar-refractivity contribution in [3.8, 4) is 0 Å². The van der Waals surface area contributed by atoms with E-state index in [1.54, 1.807) is 0 Å². The van der Waals surface area contributed by atoms with Gasteiger partial charge in [-0.3, -0.25) is 0 Å². The van der Waals surface area contributed by atoms with Crippen LogP contribution in [0, 0.1) is 0 Å². The van der Waals surface area contributed by atoms with Crippen molar-refractivity contribution in [2.45, 2.75) is 49.4 Å². The maximum atomic E-state index is 5.61. The summed E-state index contributed by atoms with van der Waals surface area (Å²) in [6.45, 7) is 3.20. The summed E-state index contributed by atoms with van der Waals surface area (Å²) in [6, 6.07) is 0. The summed E-state index contributed by atoms with van der Waals surface area (Å²) >= 11 is 2.06. The van der Waals surface area contributed by atoms with E-state index in [2.05, 4.69) is 23.3 Å². The number of hydrogen-bond donors (Lipinski definition) is 1. The zero-order valence-corrected chi connectivity index (χ0v) is 10.6. The number of nitrogens with one attached hydrogen (secondary N) is 1. The van der Waals surface area contributed by atoms with Gasteiger partial charge in [0.25, 0.3) is 0 Å². The Bertz CT molecular complexity index is 186. The molecule has 1 atom stereocenters. The van der Waals surface area contributed by atoms with Gasteiger partial charge in [0.1, 0.15) is 0 Å². The molecule has 0 radical (unpaired) electrons. The topological polar surface area (TPSA) is 21.3 Å². The van der Waals surface area contributed by atoms with Crippen LogP contribution in [0.25, 0.3) is 0 Å². The molecule has 0 aromatic carbocycles. The maximum absolute atomic E-state index is 5.61. The average molecular weight is 229 g/mol. The van der Waals surface area contributed by atoms with Crippen LogP contribution in [0.4, 0.5) is 0 Å². The molecule has 1 heterocycles. The predicted molar refractivity (Wildman–Crippen MR) is 66.6 cm³/mol. The molecule has 1 saturated carbocycles. The summed E-state index contributed by atoms with van der Waals surface area (Å²) in [6.07, 6.45) is 10.9. The molecule has 1 aliphatic carbocycles. The summed E-state index contributed by atoms with van der Waals surface area (Å²) in [4.78, 5) is 0. The zero-order valence-electron chi connectivity index (χ0n) is 9.76. The van der Waals surface area contributed by atoms with E-state index in [-0.39, 0.29) is 0 Å². The maximum Gasteiger partial charge on any atom is 0.0700 e. The Kier molecular flexibility index (Phi) is 4.35. The van der Waals surface area contributed by atoms with E-state index >= 15 is 0 Å². The lowest BCUT2D eigenvalue weighted by atomic mass is 10.1. The molecule has 0 amide bonds. The van der Waals surface area contributed by atoms with Gasteiger partial charge in [-0.25, -0.2) is 0 Å². The van der Waals surface area contributed by atoms with Gasteiger partial charge in [-0.15, -0.1) is 0 Å². The van der Waals surface area contributed by atoms with E-state index in [9.17, 15) is 0 Å². The third-order valence-electron chi connectivity index (χ3n) is 3.79.